The van der Waals surface area contributed by atoms with Gasteiger partial charge in [0.2, 0.25) is 0 Å². The molecule has 0 spiro atoms. The van der Waals surface area contributed by atoms with Crippen LogP contribution in [0.4, 0.5) is 4.39 Å². The Balaban J connectivity index is 1.98. The Morgan fingerprint density at radius 2 is 1.78 bits per heavy atom. The molecule has 0 aliphatic carbocycles. The molecule has 2 aromatic carbocycles. The van der Waals surface area contributed by atoms with Crippen LogP contribution in [-0.2, 0) is 6.54 Å². The summed E-state index contributed by atoms with van der Waals surface area (Å²) < 4.78 is 13.9. The fourth-order valence-corrected chi connectivity index (χ4v) is 2.44. The predicted molar refractivity (Wildman–Crippen MR) is 75.8 cm³/mol. The lowest BCUT2D eigenvalue weighted by molar-refractivity contribution is 0.571. The summed E-state index contributed by atoms with van der Waals surface area (Å²) in [5.74, 6) is -0.197. The Bertz CT molecular complexity index is 510. The van der Waals surface area contributed by atoms with Gasteiger partial charge in [-0.15, -0.1) is 0 Å². The Morgan fingerprint density at radius 1 is 1.11 bits per heavy atom. The molecule has 1 N–H and O–H groups in total. The molecule has 0 radical (unpaired) electrons. The van der Waals surface area contributed by atoms with Gasteiger partial charge in [-0.2, -0.15) is 0 Å². The number of rotatable bonds is 4. The summed E-state index contributed by atoms with van der Waals surface area (Å²) in [7, 11) is 0. The Kier molecular flexibility index (Phi) is 4.50. The van der Waals surface area contributed by atoms with E-state index in [1.165, 1.54) is 17.7 Å². The van der Waals surface area contributed by atoms with Gasteiger partial charge >= 0.3 is 0 Å². The molecular weight excluding hydrogens is 293 g/mol. The van der Waals surface area contributed by atoms with Crippen LogP contribution in [-0.4, -0.2) is 0 Å². The van der Waals surface area contributed by atoms with E-state index >= 15 is 0 Å². The van der Waals surface area contributed by atoms with Crippen LogP contribution < -0.4 is 5.32 Å². The van der Waals surface area contributed by atoms with Crippen molar-refractivity contribution < 1.29 is 4.39 Å². The van der Waals surface area contributed by atoms with Crippen LogP contribution in [0.25, 0.3) is 0 Å². The van der Waals surface area contributed by atoms with E-state index in [0.29, 0.717) is 0 Å². The minimum absolute atomic E-state index is 0.197. The first-order valence-electron chi connectivity index (χ1n) is 5.89. The Morgan fingerprint density at radius 3 is 2.44 bits per heavy atom. The lowest BCUT2D eigenvalue weighted by Crippen LogP contribution is -2.18. The second-order valence-corrected chi connectivity index (χ2v) is 5.10. The monoisotopic (exact) mass is 307 g/mol. The third-order valence-corrected chi connectivity index (χ3v) is 3.62. The van der Waals surface area contributed by atoms with E-state index in [1.807, 2.05) is 18.2 Å². The van der Waals surface area contributed by atoms with E-state index in [4.69, 9.17) is 0 Å². The second kappa shape index (κ2) is 6.12. The average molecular weight is 308 g/mol. The molecule has 0 unspecified atom stereocenters. The first kappa shape index (κ1) is 13.2. The van der Waals surface area contributed by atoms with Gasteiger partial charge in [-0.1, -0.05) is 46.3 Å². The predicted octanol–water partition coefficient (Wildman–Crippen LogP) is 4.44. The van der Waals surface area contributed by atoms with Gasteiger partial charge in [-0.3, -0.25) is 0 Å². The molecule has 3 heteroatoms. The topological polar surface area (TPSA) is 12.0 Å². The molecule has 0 fully saturated rings. The number of nitrogens with one attached hydrogen (secondary N) is 1. The fraction of sp³-hybridized carbons (Fsp3) is 0.200. The Hall–Kier alpha value is -1.19. The summed E-state index contributed by atoms with van der Waals surface area (Å²) in [4.78, 5) is 0. The number of hydrogen-bond acceptors (Lipinski definition) is 1. The van der Waals surface area contributed by atoms with Gasteiger partial charge in [0.05, 0.1) is 0 Å². The molecular formula is C15H15BrFN. The second-order valence-electron chi connectivity index (χ2n) is 4.25. The van der Waals surface area contributed by atoms with Gasteiger partial charge in [-0.25, -0.2) is 4.39 Å². The van der Waals surface area contributed by atoms with Crippen molar-refractivity contribution in [3.05, 3.63) is 69.9 Å². The summed E-state index contributed by atoms with van der Waals surface area (Å²) in [6.07, 6.45) is 0. The molecule has 0 saturated carbocycles. The van der Waals surface area contributed by atoms with E-state index in [2.05, 4.69) is 34.2 Å². The SMILES string of the molecule is C[C@H](NCc1ccc(F)cc1)c1ccccc1Br. The van der Waals surface area contributed by atoms with Crippen molar-refractivity contribution >= 4 is 15.9 Å². The highest BCUT2D eigenvalue weighted by molar-refractivity contribution is 9.10. The highest BCUT2D eigenvalue weighted by Crippen LogP contribution is 2.22. The van der Waals surface area contributed by atoms with Crippen molar-refractivity contribution in [1.82, 2.24) is 5.32 Å². The van der Waals surface area contributed by atoms with Crippen LogP contribution >= 0.6 is 15.9 Å². The zero-order chi connectivity index (χ0) is 13.0. The Labute approximate surface area is 115 Å². The van der Waals surface area contributed by atoms with Crippen molar-refractivity contribution in [1.29, 1.82) is 0 Å². The van der Waals surface area contributed by atoms with Crippen LogP contribution in [0, 0.1) is 5.82 Å². The number of hydrogen-bond donors (Lipinski definition) is 1. The van der Waals surface area contributed by atoms with Gasteiger partial charge in [0.15, 0.2) is 0 Å². The zero-order valence-electron chi connectivity index (χ0n) is 10.2. The molecule has 1 atom stereocenters. The maximum atomic E-state index is 12.8. The van der Waals surface area contributed by atoms with Crippen molar-refractivity contribution in [3.8, 4) is 0 Å². The molecule has 2 rings (SSSR count). The lowest BCUT2D eigenvalue weighted by Gasteiger charge is -2.15. The van der Waals surface area contributed by atoms with Crippen LogP contribution in [0.3, 0.4) is 0 Å². The minimum Gasteiger partial charge on any atom is -0.306 e. The van der Waals surface area contributed by atoms with Gasteiger partial charge in [-0.05, 0) is 36.2 Å². The molecule has 18 heavy (non-hydrogen) atoms. The van der Waals surface area contributed by atoms with Gasteiger partial charge < -0.3 is 5.32 Å². The van der Waals surface area contributed by atoms with Crippen molar-refractivity contribution in [2.24, 2.45) is 0 Å². The van der Waals surface area contributed by atoms with Gasteiger partial charge in [0.1, 0.15) is 5.82 Å². The maximum Gasteiger partial charge on any atom is 0.123 e. The quantitative estimate of drug-likeness (QED) is 0.880. The molecule has 0 saturated heterocycles. The highest BCUT2D eigenvalue weighted by atomic mass is 79.9. The highest BCUT2D eigenvalue weighted by Gasteiger charge is 2.07. The summed E-state index contributed by atoms with van der Waals surface area (Å²) in [5, 5.41) is 3.42. The van der Waals surface area contributed by atoms with Gasteiger partial charge in [0, 0.05) is 17.1 Å². The first-order chi connectivity index (χ1) is 8.66. The molecule has 0 aromatic heterocycles. The first-order valence-corrected chi connectivity index (χ1v) is 6.68. The minimum atomic E-state index is -0.197. The zero-order valence-corrected chi connectivity index (χ0v) is 11.7. The molecule has 1 nitrogen and oxygen atoms in total. The molecule has 0 aliphatic rings. The maximum absolute atomic E-state index is 12.8. The van der Waals surface area contributed by atoms with E-state index in [9.17, 15) is 4.39 Å². The van der Waals surface area contributed by atoms with E-state index in [1.54, 1.807) is 12.1 Å². The van der Waals surface area contributed by atoms with Crippen molar-refractivity contribution in [2.75, 3.05) is 0 Å². The fourth-order valence-electron chi connectivity index (χ4n) is 1.81. The standard InChI is InChI=1S/C15H15BrFN/c1-11(14-4-2-3-5-15(14)16)18-10-12-6-8-13(17)9-7-12/h2-9,11,18H,10H2,1H3/t11-/m0/s1. The molecule has 0 heterocycles. The molecule has 0 amide bonds. The van der Waals surface area contributed by atoms with Crippen LogP contribution in [0.15, 0.2) is 53.0 Å². The van der Waals surface area contributed by atoms with E-state index < -0.39 is 0 Å². The van der Waals surface area contributed by atoms with Crippen LogP contribution in [0.2, 0.25) is 0 Å². The summed E-state index contributed by atoms with van der Waals surface area (Å²) in [6.45, 7) is 2.84. The summed E-state index contributed by atoms with van der Waals surface area (Å²) >= 11 is 3.54. The third-order valence-electron chi connectivity index (χ3n) is 2.90. The smallest absolute Gasteiger partial charge is 0.123 e. The lowest BCUT2D eigenvalue weighted by atomic mass is 10.1. The largest absolute Gasteiger partial charge is 0.306 e. The molecule has 2 aromatic rings. The average Bonchev–Trinajstić information content (AvgIpc) is 2.38. The van der Waals surface area contributed by atoms with Crippen molar-refractivity contribution in [3.63, 3.8) is 0 Å². The normalized spacial score (nSPS) is 12.4. The van der Waals surface area contributed by atoms with E-state index in [-0.39, 0.29) is 11.9 Å². The molecule has 0 aliphatic heterocycles. The van der Waals surface area contributed by atoms with Crippen LogP contribution in [0.5, 0.6) is 0 Å². The number of benzene rings is 2. The summed E-state index contributed by atoms with van der Waals surface area (Å²) in [5.41, 5.74) is 2.30. The molecule has 94 valence electrons. The third kappa shape index (κ3) is 3.40. The molecule has 0 bridgehead atoms. The number of halogens is 2. The van der Waals surface area contributed by atoms with Crippen molar-refractivity contribution in [2.45, 2.75) is 19.5 Å². The van der Waals surface area contributed by atoms with E-state index in [0.717, 1.165) is 16.6 Å². The van der Waals surface area contributed by atoms with Crippen LogP contribution in [0.1, 0.15) is 24.1 Å². The van der Waals surface area contributed by atoms with Gasteiger partial charge in [0.25, 0.3) is 0 Å². The summed E-state index contributed by atoms with van der Waals surface area (Å²) in [6, 6.07) is 15.0.